The molecule has 0 saturated carbocycles. The predicted octanol–water partition coefficient (Wildman–Crippen LogP) is 4.80. The van der Waals surface area contributed by atoms with Crippen LogP contribution in [-0.4, -0.2) is 27.7 Å². The zero-order valence-electron chi connectivity index (χ0n) is 16.6. The minimum Gasteiger partial charge on any atom is -0.323 e. The molecule has 0 aliphatic heterocycles. The van der Waals surface area contributed by atoms with Gasteiger partial charge in [0.15, 0.2) is 4.99 Å². The van der Waals surface area contributed by atoms with E-state index in [4.69, 9.17) is 14.3 Å². The second-order valence-corrected chi connectivity index (χ2v) is 11.1. The SMILES string of the molecule is CCCCCc1ccc(-c2ccc(CCCC(P(=O)(O)O)S(=O)(=O)O)cc2)cc1. The van der Waals surface area contributed by atoms with Gasteiger partial charge < -0.3 is 9.79 Å². The molecule has 8 heteroatoms. The van der Waals surface area contributed by atoms with Crippen molar-refractivity contribution >= 4 is 17.7 Å². The van der Waals surface area contributed by atoms with Crippen molar-refractivity contribution in [3.63, 3.8) is 0 Å². The monoisotopic (exact) mass is 440 g/mol. The minimum absolute atomic E-state index is 0.237. The number of hydrogen-bond acceptors (Lipinski definition) is 3. The van der Waals surface area contributed by atoms with E-state index < -0.39 is 22.7 Å². The van der Waals surface area contributed by atoms with Crippen molar-refractivity contribution in [1.82, 2.24) is 0 Å². The van der Waals surface area contributed by atoms with Gasteiger partial charge >= 0.3 is 7.60 Å². The van der Waals surface area contributed by atoms with E-state index >= 15 is 0 Å². The second kappa shape index (κ2) is 10.5. The number of unbranched alkanes of at least 4 members (excludes halogenated alkanes) is 2. The summed E-state index contributed by atoms with van der Waals surface area (Å²) in [6.07, 6.45) is 5.13. The van der Waals surface area contributed by atoms with Crippen molar-refractivity contribution in [1.29, 1.82) is 0 Å². The highest BCUT2D eigenvalue weighted by Crippen LogP contribution is 2.46. The lowest BCUT2D eigenvalue weighted by Gasteiger charge is -2.15. The van der Waals surface area contributed by atoms with Gasteiger partial charge in [-0.1, -0.05) is 68.3 Å². The van der Waals surface area contributed by atoms with Crippen LogP contribution in [0.5, 0.6) is 0 Å². The first kappa shape index (κ1) is 23.8. The average Bonchev–Trinajstić information content (AvgIpc) is 2.64. The van der Waals surface area contributed by atoms with Crippen LogP contribution < -0.4 is 0 Å². The Morgan fingerprint density at radius 3 is 1.66 bits per heavy atom. The fourth-order valence-electron chi connectivity index (χ4n) is 3.28. The topological polar surface area (TPSA) is 112 Å². The summed E-state index contributed by atoms with van der Waals surface area (Å²) in [5, 5.41) is 0. The summed E-state index contributed by atoms with van der Waals surface area (Å²) in [6, 6.07) is 16.3. The molecule has 29 heavy (non-hydrogen) atoms. The Hall–Kier alpha value is -1.50. The molecule has 6 nitrogen and oxygen atoms in total. The molecule has 0 aliphatic rings. The van der Waals surface area contributed by atoms with Gasteiger partial charge in [-0.15, -0.1) is 0 Å². The van der Waals surface area contributed by atoms with Gasteiger partial charge in [-0.05, 0) is 54.4 Å². The molecule has 2 aromatic carbocycles. The molecule has 0 saturated heterocycles. The third-order valence-corrected chi connectivity index (χ3v) is 8.50. The molecule has 0 spiro atoms. The molecule has 1 unspecified atom stereocenters. The number of hydrogen-bond donors (Lipinski definition) is 3. The van der Waals surface area contributed by atoms with Gasteiger partial charge in [-0.2, -0.15) is 8.42 Å². The highest BCUT2D eigenvalue weighted by molar-refractivity contribution is 7.93. The van der Waals surface area contributed by atoms with Crippen LogP contribution in [0.4, 0.5) is 0 Å². The highest BCUT2D eigenvalue weighted by atomic mass is 32.2. The van der Waals surface area contributed by atoms with Crippen molar-refractivity contribution < 1.29 is 27.3 Å². The highest BCUT2D eigenvalue weighted by Gasteiger charge is 2.38. The third-order valence-electron chi connectivity index (χ3n) is 4.95. The Morgan fingerprint density at radius 2 is 1.28 bits per heavy atom. The van der Waals surface area contributed by atoms with Gasteiger partial charge in [0, 0.05) is 0 Å². The molecule has 0 heterocycles. The van der Waals surface area contributed by atoms with Gasteiger partial charge in [0.05, 0.1) is 0 Å². The standard InChI is InChI=1S/C21H29O6PS/c1-2-3-4-6-17-9-13-19(14-10-17)20-15-11-18(12-16-20)7-5-8-21(28(22,23)24)29(25,26)27/h9-16,21H,2-8H2,1H3,(H2,22,23,24)(H,25,26,27). The molecule has 0 bridgehead atoms. The third kappa shape index (κ3) is 7.68. The van der Waals surface area contributed by atoms with E-state index in [0.717, 1.165) is 23.1 Å². The molecule has 0 amide bonds. The van der Waals surface area contributed by atoms with Gasteiger partial charge in [0.1, 0.15) is 0 Å². The van der Waals surface area contributed by atoms with E-state index in [0.29, 0.717) is 6.42 Å². The van der Waals surface area contributed by atoms with Crippen LogP contribution in [0, 0.1) is 0 Å². The van der Waals surface area contributed by atoms with Crippen molar-refractivity contribution in [2.75, 3.05) is 0 Å². The van der Waals surface area contributed by atoms with Crippen LogP contribution in [0.2, 0.25) is 0 Å². The summed E-state index contributed by atoms with van der Waals surface area (Å²) in [5.41, 5.74) is 4.45. The molecule has 0 radical (unpaired) electrons. The second-order valence-electron chi connectivity index (χ2n) is 7.30. The van der Waals surface area contributed by atoms with E-state index in [-0.39, 0.29) is 12.8 Å². The molecule has 1 atom stereocenters. The fourth-order valence-corrected chi connectivity index (χ4v) is 5.65. The quantitative estimate of drug-likeness (QED) is 0.263. The predicted molar refractivity (Wildman–Crippen MR) is 115 cm³/mol. The summed E-state index contributed by atoms with van der Waals surface area (Å²) < 4.78 is 42.7. The zero-order chi connectivity index (χ0) is 21.5. The van der Waals surface area contributed by atoms with Crippen molar-refractivity contribution in [2.45, 2.75) is 56.9 Å². The first-order valence-electron chi connectivity index (χ1n) is 9.81. The molecule has 3 N–H and O–H groups in total. The molecule has 0 aliphatic carbocycles. The van der Waals surface area contributed by atoms with E-state index in [1.54, 1.807) is 0 Å². The molecule has 2 aromatic rings. The Balaban J connectivity index is 1.94. The van der Waals surface area contributed by atoms with Crippen molar-refractivity contribution in [2.24, 2.45) is 0 Å². The van der Waals surface area contributed by atoms with Crippen LogP contribution in [0.1, 0.15) is 50.2 Å². The lowest BCUT2D eigenvalue weighted by atomic mass is 9.99. The molecule has 0 aromatic heterocycles. The minimum atomic E-state index is -4.92. The van der Waals surface area contributed by atoms with E-state index in [9.17, 15) is 13.0 Å². The maximum Gasteiger partial charge on any atom is 0.346 e. The maximum atomic E-state index is 11.3. The molecular formula is C21H29O6PS. The van der Waals surface area contributed by atoms with Crippen molar-refractivity contribution in [3.8, 4) is 11.1 Å². The molecular weight excluding hydrogens is 411 g/mol. The van der Waals surface area contributed by atoms with Gasteiger partial charge in [-0.3, -0.25) is 9.12 Å². The zero-order valence-corrected chi connectivity index (χ0v) is 18.3. The van der Waals surface area contributed by atoms with Crippen LogP contribution in [0.3, 0.4) is 0 Å². The van der Waals surface area contributed by atoms with Crippen LogP contribution in [0.25, 0.3) is 11.1 Å². The van der Waals surface area contributed by atoms with Crippen LogP contribution in [-0.2, 0) is 27.5 Å². The Kier molecular flexibility index (Phi) is 8.61. The van der Waals surface area contributed by atoms with Gasteiger partial charge in [0.25, 0.3) is 10.1 Å². The summed E-state index contributed by atoms with van der Waals surface area (Å²) in [6.45, 7) is 2.19. The van der Waals surface area contributed by atoms with Crippen LogP contribution in [0.15, 0.2) is 48.5 Å². The van der Waals surface area contributed by atoms with E-state index in [1.807, 2.05) is 24.3 Å². The average molecular weight is 440 g/mol. The lowest BCUT2D eigenvalue weighted by molar-refractivity contribution is 0.360. The lowest BCUT2D eigenvalue weighted by Crippen LogP contribution is -2.20. The van der Waals surface area contributed by atoms with E-state index in [1.165, 1.54) is 24.8 Å². The fraction of sp³-hybridized carbons (Fsp3) is 0.429. The Bertz CT molecular complexity index is 917. The first-order valence-corrected chi connectivity index (χ1v) is 13.0. The molecule has 0 fully saturated rings. The smallest absolute Gasteiger partial charge is 0.323 e. The van der Waals surface area contributed by atoms with Gasteiger partial charge in [0.2, 0.25) is 0 Å². The van der Waals surface area contributed by atoms with Crippen molar-refractivity contribution in [3.05, 3.63) is 59.7 Å². The summed E-state index contributed by atoms with van der Waals surface area (Å²) in [5.74, 6) is 0. The Morgan fingerprint density at radius 1 is 0.828 bits per heavy atom. The van der Waals surface area contributed by atoms with Gasteiger partial charge in [-0.25, -0.2) is 0 Å². The number of rotatable bonds is 11. The first-order chi connectivity index (χ1) is 13.6. The van der Waals surface area contributed by atoms with E-state index in [2.05, 4.69) is 31.2 Å². The Labute approximate surface area is 172 Å². The number of benzene rings is 2. The maximum absolute atomic E-state index is 11.3. The normalized spacial score (nSPS) is 13.4. The summed E-state index contributed by atoms with van der Waals surface area (Å²) in [7, 11) is -9.71. The number of aryl methyl sites for hydroxylation is 2. The molecule has 2 rings (SSSR count). The summed E-state index contributed by atoms with van der Waals surface area (Å²) in [4.78, 5) is 16.2. The van der Waals surface area contributed by atoms with Crippen LogP contribution >= 0.6 is 7.60 Å². The molecule has 160 valence electrons. The largest absolute Gasteiger partial charge is 0.346 e. The summed E-state index contributed by atoms with van der Waals surface area (Å²) >= 11 is 0.